The number of piperidine rings is 1. The number of alkyl halides is 1. The molecule has 1 rings (SSSR count). The molecule has 1 saturated heterocycles. The number of hydrogen-bond acceptors (Lipinski definition) is 2. The standard InChI is InChI=1S/C5H10FNO/c6-4-3-7-2-1-5(4)8/h4-5,7-8H,1-3H2/t4-,5?/m0/s1. The zero-order valence-corrected chi connectivity index (χ0v) is 4.60. The SMILES string of the molecule is OC1CCNC[C@@H]1F. The number of aliphatic hydroxyl groups excluding tert-OH is 1. The van der Waals surface area contributed by atoms with Gasteiger partial charge in [0.2, 0.25) is 0 Å². The molecule has 48 valence electrons. The lowest BCUT2D eigenvalue weighted by Crippen LogP contribution is -2.41. The Labute approximate surface area is 47.7 Å². The van der Waals surface area contributed by atoms with Crippen molar-refractivity contribution in [1.82, 2.24) is 5.32 Å². The molecule has 2 N–H and O–H groups in total. The van der Waals surface area contributed by atoms with Crippen LogP contribution in [0, 0.1) is 0 Å². The molecule has 0 aromatic heterocycles. The maximum absolute atomic E-state index is 12.3. The van der Waals surface area contributed by atoms with E-state index in [1.165, 1.54) is 0 Å². The first-order chi connectivity index (χ1) is 3.80. The molecule has 0 saturated carbocycles. The number of hydrogen-bond donors (Lipinski definition) is 2. The van der Waals surface area contributed by atoms with Crippen LogP contribution in [0.15, 0.2) is 0 Å². The molecule has 8 heavy (non-hydrogen) atoms. The topological polar surface area (TPSA) is 32.3 Å². The van der Waals surface area contributed by atoms with E-state index in [-0.39, 0.29) is 0 Å². The molecule has 1 heterocycles. The third-order valence-electron chi connectivity index (χ3n) is 1.37. The predicted octanol–water partition coefficient (Wildman–Crippen LogP) is -0.321. The second kappa shape index (κ2) is 2.42. The molecule has 0 aromatic carbocycles. The van der Waals surface area contributed by atoms with Crippen molar-refractivity contribution < 1.29 is 9.50 Å². The largest absolute Gasteiger partial charge is 0.390 e. The fourth-order valence-electron chi connectivity index (χ4n) is 0.807. The Balaban J connectivity index is 2.28. The average Bonchev–Trinajstić information content (AvgIpc) is 1.77. The second-order valence-corrected chi connectivity index (χ2v) is 2.08. The van der Waals surface area contributed by atoms with Crippen molar-refractivity contribution >= 4 is 0 Å². The lowest BCUT2D eigenvalue weighted by atomic mass is 10.1. The molecule has 0 aromatic rings. The van der Waals surface area contributed by atoms with E-state index in [4.69, 9.17) is 5.11 Å². The van der Waals surface area contributed by atoms with Crippen LogP contribution in [0.3, 0.4) is 0 Å². The Kier molecular flexibility index (Phi) is 1.81. The normalized spacial score (nSPS) is 39.8. The van der Waals surface area contributed by atoms with Crippen LogP contribution in [0.2, 0.25) is 0 Å². The zero-order valence-electron chi connectivity index (χ0n) is 4.60. The molecular weight excluding hydrogens is 109 g/mol. The third-order valence-corrected chi connectivity index (χ3v) is 1.37. The molecule has 0 amide bonds. The lowest BCUT2D eigenvalue weighted by Gasteiger charge is -2.21. The van der Waals surface area contributed by atoms with Crippen molar-refractivity contribution in [2.24, 2.45) is 0 Å². The van der Waals surface area contributed by atoms with Crippen LogP contribution in [0.1, 0.15) is 6.42 Å². The first-order valence-corrected chi connectivity index (χ1v) is 2.83. The average molecular weight is 119 g/mol. The van der Waals surface area contributed by atoms with Gasteiger partial charge < -0.3 is 10.4 Å². The molecule has 2 atom stereocenters. The second-order valence-electron chi connectivity index (χ2n) is 2.08. The van der Waals surface area contributed by atoms with Crippen molar-refractivity contribution in [3.8, 4) is 0 Å². The summed E-state index contributed by atoms with van der Waals surface area (Å²) in [6.07, 6.45) is -1.23. The predicted molar refractivity (Wildman–Crippen MR) is 28.4 cm³/mol. The van der Waals surface area contributed by atoms with Gasteiger partial charge in [0, 0.05) is 6.54 Å². The molecule has 1 aliphatic heterocycles. The van der Waals surface area contributed by atoms with Gasteiger partial charge in [-0.1, -0.05) is 0 Å². The van der Waals surface area contributed by atoms with Crippen molar-refractivity contribution in [2.75, 3.05) is 13.1 Å². The summed E-state index contributed by atoms with van der Waals surface area (Å²) >= 11 is 0. The maximum atomic E-state index is 12.3. The molecule has 0 bridgehead atoms. The molecular formula is C5H10FNO. The summed E-state index contributed by atoms with van der Waals surface area (Å²) in [5, 5.41) is 11.6. The molecule has 0 radical (unpaired) electrons. The molecule has 0 spiro atoms. The van der Waals surface area contributed by atoms with E-state index in [2.05, 4.69) is 5.32 Å². The Morgan fingerprint density at radius 2 is 2.38 bits per heavy atom. The first-order valence-electron chi connectivity index (χ1n) is 2.83. The van der Waals surface area contributed by atoms with Gasteiger partial charge in [-0.3, -0.25) is 0 Å². The van der Waals surface area contributed by atoms with Crippen LogP contribution in [-0.4, -0.2) is 30.5 Å². The minimum absolute atomic E-state index is 0.307. The van der Waals surface area contributed by atoms with Gasteiger partial charge in [-0.25, -0.2) is 4.39 Å². The van der Waals surface area contributed by atoms with Gasteiger partial charge in [-0.15, -0.1) is 0 Å². The highest BCUT2D eigenvalue weighted by atomic mass is 19.1. The van der Waals surface area contributed by atoms with E-state index in [1.54, 1.807) is 0 Å². The lowest BCUT2D eigenvalue weighted by molar-refractivity contribution is 0.0532. The van der Waals surface area contributed by atoms with E-state index in [0.717, 1.165) is 6.54 Å². The summed E-state index contributed by atoms with van der Waals surface area (Å²) in [5.74, 6) is 0. The van der Waals surface area contributed by atoms with E-state index in [0.29, 0.717) is 13.0 Å². The Morgan fingerprint density at radius 3 is 2.75 bits per heavy atom. The summed E-state index contributed by atoms with van der Waals surface area (Å²) in [5.41, 5.74) is 0. The smallest absolute Gasteiger partial charge is 0.138 e. The van der Waals surface area contributed by atoms with Crippen LogP contribution in [0.5, 0.6) is 0 Å². The van der Waals surface area contributed by atoms with Gasteiger partial charge in [-0.05, 0) is 13.0 Å². The van der Waals surface area contributed by atoms with E-state index in [1.807, 2.05) is 0 Å². The number of halogens is 1. The van der Waals surface area contributed by atoms with Crippen LogP contribution in [-0.2, 0) is 0 Å². The highest BCUT2D eigenvalue weighted by molar-refractivity contribution is 4.75. The minimum atomic E-state index is -1.05. The van der Waals surface area contributed by atoms with Gasteiger partial charge in [0.05, 0.1) is 6.10 Å². The third kappa shape index (κ3) is 1.17. The summed E-state index contributed by atoms with van der Waals surface area (Å²) in [7, 11) is 0. The highest BCUT2D eigenvalue weighted by Crippen LogP contribution is 2.05. The molecule has 1 fully saturated rings. The molecule has 0 aliphatic carbocycles. The van der Waals surface area contributed by atoms with Crippen LogP contribution in [0.25, 0.3) is 0 Å². The van der Waals surface area contributed by atoms with Crippen LogP contribution in [0.4, 0.5) is 4.39 Å². The Morgan fingerprint density at radius 1 is 1.62 bits per heavy atom. The van der Waals surface area contributed by atoms with Gasteiger partial charge in [0.25, 0.3) is 0 Å². The van der Waals surface area contributed by atoms with Gasteiger partial charge in [0.15, 0.2) is 0 Å². The highest BCUT2D eigenvalue weighted by Gasteiger charge is 2.20. The maximum Gasteiger partial charge on any atom is 0.138 e. The number of aliphatic hydroxyl groups is 1. The number of nitrogens with one attached hydrogen (secondary N) is 1. The molecule has 1 aliphatic rings. The van der Waals surface area contributed by atoms with Gasteiger partial charge in [-0.2, -0.15) is 0 Å². The monoisotopic (exact) mass is 119 g/mol. The van der Waals surface area contributed by atoms with Crippen LogP contribution >= 0.6 is 0 Å². The van der Waals surface area contributed by atoms with Crippen molar-refractivity contribution in [3.63, 3.8) is 0 Å². The summed E-state index contributed by atoms with van der Waals surface area (Å²) in [6.45, 7) is 1.04. The zero-order chi connectivity index (χ0) is 5.98. The van der Waals surface area contributed by atoms with Crippen LogP contribution < -0.4 is 5.32 Å². The van der Waals surface area contributed by atoms with Crippen molar-refractivity contribution in [1.29, 1.82) is 0 Å². The minimum Gasteiger partial charge on any atom is -0.390 e. The van der Waals surface area contributed by atoms with Crippen molar-refractivity contribution in [2.45, 2.75) is 18.7 Å². The molecule has 2 nitrogen and oxygen atoms in total. The summed E-state index contributed by atoms with van der Waals surface area (Å²) in [4.78, 5) is 0. The van der Waals surface area contributed by atoms with Gasteiger partial charge >= 0.3 is 0 Å². The molecule has 3 heteroatoms. The quantitative estimate of drug-likeness (QED) is 0.458. The Bertz CT molecular complexity index is 68.8. The van der Waals surface area contributed by atoms with E-state index >= 15 is 0 Å². The van der Waals surface area contributed by atoms with Gasteiger partial charge in [0.1, 0.15) is 6.17 Å². The van der Waals surface area contributed by atoms with E-state index < -0.39 is 12.3 Å². The summed E-state index contributed by atoms with van der Waals surface area (Å²) < 4.78 is 12.3. The van der Waals surface area contributed by atoms with Crippen molar-refractivity contribution in [3.05, 3.63) is 0 Å². The number of rotatable bonds is 0. The fraction of sp³-hybridized carbons (Fsp3) is 1.00. The fourth-order valence-corrected chi connectivity index (χ4v) is 0.807. The first kappa shape index (κ1) is 5.98. The summed E-state index contributed by atoms with van der Waals surface area (Å²) in [6, 6.07) is 0. The van der Waals surface area contributed by atoms with E-state index in [9.17, 15) is 4.39 Å². The molecule has 1 unspecified atom stereocenters. The Hall–Kier alpha value is -0.150.